The van der Waals surface area contributed by atoms with E-state index in [-0.39, 0.29) is 12.1 Å². The van der Waals surface area contributed by atoms with Gasteiger partial charge < -0.3 is 5.11 Å². The standard InChI is InChI=1S/C8H7FN4O3/c9-6-2-1-5(3-7(6)13(15)16)8(14)4-11-12-10/h1-3,8,14H,4H2. The van der Waals surface area contributed by atoms with E-state index in [0.29, 0.717) is 0 Å². The molecule has 7 nitrogen and oxygen atoms in total. The molecule has 1 unspecified atom stereocenters. The lowest BCUT2D eigenvalue weighted by molar-refractivity contribution is -0.387. The summed E-state index contributed by atoms with van der Waals surface area (Å²) in [5, 5.41) is 23.0. The van der Waals surface area contributed by atoms with Gasteiger partial charge >= 0.3 is 5.69 Å². The van der Waals surface area contributed by atoms with E-state index in [4.69, 9.17) is 5.53 Å². The Labute approximate surface area is 88.9 Å². The molecule has 0 aliphatic heterocycles. The van der Waals surface area contributed by atoms with E-state index in [1.54, 1.807) is 0 Å². The highest BCUT2D eigenvalue weighted by Gasteiger charge is 2.17. The van der Waals surface area contributed by atoms with Crippen LogP contribution in [0, 0.1) is 15.9 Å². The van der Waals surface area contributed by atoms with Crippen LogP contribution in [-0.2, 0) is 0 Å². The van der Waals surface area contributed by atoms with E-state index in [0.717, 1.165) is 12.1 Å². The number of nitro benzene ring substituents is 1. The van der Waals surface area contributed by atoms with Crippen molar-refractivity contribution in [2.24, 2.45) is 5.11 Å². The number of aliphatic hydroxyl groups is 1. The quantitative estimate of drug-likeness (QED) is 0.278. The molecule has 16 heavy (non-hydrogen) atoms. The smallest absolute Gasteiger partial charge is 0.305 e. The number of azide groups is 1. The van der Waals surface area contributed by atoms with Gasteiger partial charge in [-0.25, -0.2) is 0 Å². The van der Waals surface area contributed by atoms with Gasteiger partial charge in [0.2, 0.25) is 5.82 Å². The van der Waals surface area contributed by atoms with Crippen LogP contribution in [0.4, 0.5) is 10.1 Å². The Balaban J connectivity index is 3.02. The Bertz CT molecular complexity index is 459. The van der Waals surface area contributed by atoms with E-state index >= 15 is 0 Å². The Morgan fingerprint density at radius 1 is 1.69 bits per heavy atom. The molecule has 0 aliphatic rings. The van der Waals surface area contributed by atoms with E-state index in [1.165, 1.54) is 6.07 Å². The van der Waals surface area contributed by atoms with Gasteiger partial charge in [0.1, 0.15) is 0 Å². The molecule has 0 aliphatic carbocycles. The number of nitrogens with zero attached hydrogens (tertiary/aromatic N) is 4. The number of hydrogen-bond acceptors (Lipinski definition) is 4. The normalized spacial score (nSPS) is 11.6. The van der Waals surface area contributed by atoms with E-state index in [1.807, 2.05) is 0 Å². The lowest BCUT2D eigenvalue weighted by Crippen LogP contribution is -2.02. The lowest BCUT2D eigenvalue weighted by atomic mass is 10.1. The first-order valence-electron chi connectivity index (χ1n) is 4.19. The minimum atomic E-state index is -1.19. The summed E-state index contributed by atoms with van der Waals surface area (Å²) in [7, 11) is 0. The third-order valence-corrected chi connectivity index (χ3v) is 1.87. The Kier molecular flexibility index (Phi) is 3.76. The first-order valence-corrected chi connectivity index (χ1v) is 4.19. The summed E-state index contributed by atoms with van der Waals surface area (Å²) in [6.45, 7) is -0.265. The first kappa shape index (κ1) is 11.9. The Morgan fingerprint density at radius 2 is 2.38 bits per heavy atom. The summed E-state index contributed by atoms with van der Waals surface area (Å²) in [6, 6.07) is 2.99. The molecule has 0 heterocycles. The van der Waals surface area contributed by atoms with Crippen LogP contribution in [0.25, 0.3) is 10.4 Å². The van der Waals surface area contributed by atoms with Crippen LogP contribution >= 0.6 is 0 Å². The fourth-order valence-corrected chi connectivity index (χ4v) is 1.10. The van der Waals surface area contributed by atoms with Crippen molar-refractivity contribution >= 4 is 5.69 Å². The molecule has 1 rings (SSSR count). The average Bonchev–Trinajstić information content (AvgIpc) is 2.26. The van der Waals surface area contributed by atoms with Gasteiger partial charge in [-0.15, -0.1) is 0 Å². The molecule has 0 fully saturated rings. The van der Waals surface area contributed by atoms with Crippen molar-refractivity contribution in [1.82, 2.24) is 0 Å². The van der Waals surface area contributed by atoms with Crippen molar-refractivity contribution in [1.29, 1.82) is 0 Å². The monoisotopic (exact) mass is 226 g/mol. The topological polar surface area (TPSA) is 112 Å². The molecule has 1 aromatic carbocycles. The van der Waals surface area contributed by atoms with Gasteiger partial charge in [0.05, 0.1) is 17.6 Å². The van der Waals surface area contributed by atoms with Crippen molar-refractivity contribution < 1.29 is 14.4 Å². The molecule has 1 atom stereocenters. The number of benzene rings is 1. The third-order valence-electron chi connectivity index (χ3n) is 1.87. The van der Waals surface area contributed by atoms with Crippen molar-refractivity contribution in [3.8, 4) is 0 Å². The number of halogens is 1. The zero-order valence-corrected chi connectivity index (χ0v) is 7.95. The molecular formula is C8H7FN4O3. The summed E-state index contributed by atoms with van der Waals surface area (Å²) in [5.74, 6) is -0.982. The number of hydrogen-bond donors (Lipinski definition) is 1. The van der Waals surface area contributed by atoms with Gasteiger partial charge in [-0.3, -0.25) is 10.1 Å². The maximum atomic E-state index is 12.9. The van der Waals surface area contributed by atoms with Crippen LogP contribution in [0.5, 0.6) is 0 Å². The molecule has 0 saturated carbocycles. The predicted molar refractivity (Wildman–Crippen MR) is 52.0 cm³/mol. The minimum absolute atomic E-state index is 0.125. The largest absolute Gasteiger partial charge is 0.388 e. The lowest BCUT2D eigenvalue weighted by Gasteiger charge is -2.07. The van der Waals surface area contributed by atoms with Crippen LogP contribution < -0.4 is 0 Å². The fourth-order valence-electron chi connectivity index (χ4n) is 1.10. The second-order valence-electron chi connectivity index (χ2n) is 2.90. The summed E-state index contributed by atoms with van der Waals surface area (Å²) in [4.78, 5) is 12.0. The first-order chi connectivity index (χ1) is 7.56. The minimum Gasteiger partial charge on any atom is -0.388 e. The van der Waals surface area contributed by atoms with E-state index < -0.39 is 22.5 Å². The van der Waals surface area contributed by atoms with Crippen LogP contribution in [0.15, 0.2) is 23.3 Å². The van der Waals surface area contributed by atoms with Gasteiger partial charge in [0, 0.05) is 11.0 Å². The van der Waals surface area contributed by atoms with E-state index in [9.17, 15) is 19.6 Å². The van der Waals surface area contributed by atoms with Crippen LogP contribution in [0.1, 0.15) is 11.7 Å². The van der Waals surface area contributed by atoms with Gasteiger partial charge in [-0.2, -0.15) is 4.39 Å². The van der Waals surface area contributed by atoms with Gasteiger partial charge in [-0.05, 0) is 17.2 Å². The second-order valence-corrected chi connectivity index (χ2v) is 2.90. The number of rotatable bonds is 4. The number of nitro groups is 1. The van der Waals surface area contributed by atoms with Crippen LogP contribution in [0.2, 0.25) is 0 Å². The van der Waals surface area contributed by atoms with Crippen LogP contribution in [0.3, 0.4) is 0 Å². The molecule has 0 bridgehead atoms. The SMILES string of the molecule is [N-]=[N+]=NCC(O)c1ccc(F)c([N+](=O)[O-])c1. The Morgan fingerprint density at radius 3 is 2.94 bits per heavy atom. The molecule has 8 heteroatoms. The predicted octanol–water partition coefficient (Wildman–Crippen LogP) is 2.08. The molecular weight excluding hydrogens is 219 g/mol. The second kappa shape index (κ2) is 5.06. The zero-order chi connectivity index (χ0) is 12.1. The highest BCUT2D eigenvalue weighted by molar-refractivity contribution is 5.37. The molecule has 0 amide bonds. The highest BCUT2D eigenvalue weighted by atomic mass is 19.1. The third kappa shape index (κ3) is 2.66. The Hall–Kier alpha value is -2.18. The highest BCUT2D eigenvalue weighted by Crippen LogP contribution is 2.22. The van der Waals surface area contributed by atoms with Crippen molar-refractivity contribution in [3.63, 3.8) is 0 Å². The molecule has 0 aromatic heterocycles. The van der Waals surface area contributed by atoms with Crippen molar-refractivity contribution in [2.75, 3.05) is 6.54 Å². The molecule has 0 saturated heterocycles. The molecule has 1 N–H and O–H groups in total. The van der Waals surface area contributed by atoms with Crippen LogP contribution in [-0.4, -0.2) is 16.6 Å². The summed E-state index contributed by atoms with van der Waals surface area (Å²) >= 11 is 0. The number of aliphatic hydroxyl groups excluding tert-OH is 1. The molecule has 0 spiro atoms. The summed E-state index contributed by atoms with van der Waals surface area (Å²) < 4.78 is 12.9. The molecule has 1 aromatic rings. The van der Waals surface area contributed by atoms with Gasteiger partial charge in [0.25, 0.3) is 0 Å². The van der Waals surface area contributed by atoms with E-state index in [2.05, 4.69) is 10.0 Å². The average molecular weight is 226 g/mol. The fraction of sp³-hybridized carbons (Fsp3) is 0.250. The molecule has 84 valence electrons. The zero-order valence-electron chi connectivity index (χ0n) is 7.95. The maximum absolute atomic E-state index is 12.9. The molecule has 0 radical (unpaired) electrons. The summed E-state index contributed by atoms with van der Waals surface area (Å²) in [6.07, 6.45) is -1.19. The summed E-state index contributed by atoms with van der Waals surface area (Å²) in [5.41, 5.74) is 7.43. The van der Waals surface area contributed by atoms with Gasteiger partial charge in [-0.1, -0.05) is 11.2 Å². The van der Waals surface area contributed by atoms with Crippen molar-refractivity contribution in [2.45, 2.75) is 6.10 Å². The maximum Gasteiger partial charge on any atom is 0.305 e. The van der Waals surface area contributed by atoms with Crippen molar-refractivity contribution in [3.05, 3.63) is 50.1 Å². The van der Waals surface area contributed by atoms with Gasteiger partial charge in [0.15, 0.2) is 0 Å².